The van der Waals surface area contributed by atoms with Gasteiger partial charge in [-0.1, -0.05) is 79.2 Å². The summed E-state index contributed by atoms with van der Waals surface area (Å²) in [4.78, 5) is 48.9. The van der Waals surface area contributed by atoms with Crippen LogP contribution in [0.2, 0.25) is 5.15 Å². The van der Waals surface area contributed by atoms with Crippen LogP contribution in [0.1, 0.15) is 25.5 Å². The van der Waals surface area contributed by atoms with Crippen LogP contribution in [0.4, 0.5) is 86.9 Å². The first-order chi connectivity index (χ1) is 58.1. The lowest BCUT2D eigenvalue weighted by Gasteiger charge is -2.23. The van der Waals surface area contributed by atoms with Crippen molar-refractivity contribution in [1.82, 2.24) is 95.5 Å². The molecular weight excluding hydrogens is 1570 g/mol. The number of nitrogens with one attached hydrogen (secondary N) is 12. The number of rotatable bonds is 19. The lowest BCUT2D eigenvalue weighted by atomic mass is 10.1. The van der Waals surface area contributed by atoms with Gasteiger partial charge in [-0.15, -0.1) is 45.3 Å². The molecular formula is C86H70ClN27S4. The minimum Gasteiger partial charge on any atom is -0.353 e. The normalized spacial score (nSPS) is 12.7. The standard InChI is InChI=1S/C25H18N6S.C23H17N7S.C20H23N7S.C18H12ClN7S/c1-2-5-16(6-3-1)17-7-4-8-19(13-17)28-25-29-22-11-12-32-23(22)24(30-25)27-20-9-10-21-18(14-20)15-26-31-21;1-13-10-20(16-4-2-3-5-18(16)25-13)28-23-27-19-8-9-31-21(19)22(29-23)26-15-6-7-17-14(11-15)12-24-30-17;1-2-27-8-3-4-15(27)12-21-20-24-17-7-9-28-18(17)19(25-20)23-14-5-6-16-13(10-14)11-22-26-16;19-15-4-2-12(9-20-15)23-18-24-14-5-6-27-16(14)17(25-18)22-11-1-3-13-10(7-11)8-21-26-13/h1-15H,(H,26,31)(H2,27,28,29,30);2-12H,1H3,(H,24,30)(H2,25,26,27,28,29);5-7,9-11,15H,2-4,8,12H2,1H3,(H,22,26)(H2,21,23,24,25);1-9H,(H,21,26)(H2,22,23,24,25). The van der Waals surface area contributed by atoms with Crippen molar-refractivity contribution in [2.45, 2.75) is 32.7 Å². The zero-order chi connectivity index (χ0) is 79.3. The van der Waals surface area contributed by atoms with Crippen molar-refractivity contribution in [3.63, 3.8) is 0 Å². The lowest BCUT2D eigenvalue weighted by Crippen LogP contribution is -2.34. The molecule has 1 fully saturated rings. The highest BCUT2D eigenvalue weighted by atomic mass is 35.5. The third kappa shape index (κ3) is 16.6. The number of para-hydroxylation sites is 1. The quantitative estimate of drug-likeness (QED) is 0.0335. The summed E-state index contributed by atoms with van der Waals surface area (Å²) in [7, 11) is 0. The first-order valence-electron chi connectivity index (χ1n) is 37.8. The average molecular weight is 1650 g/mol. The number of likely N-dealkylation sites (N-methyl/N-ethyl adjacent to an activating group) is 1. The summed E-state index contributed by atoms with van der Waals surface area (Å²) in [6.07, 6.45) is 11.4. The number of pyridine rings is 2. The summed E-state index contributed by atoms with van der Waals surface area (Å²) in [5.74, 6) is 5.36. The molecule has 0 amide bonds. The highest BCUT2D eigenvalue weighted by molar-refractivity contribution is 7.18. The molecule has 15 heterocycles. The SMILES string of the molecule is CCN1CCCC1CNc1nc(Nc2ccc3[nH]ncc3c2)c2sccc2n1.Cc1cc(Nc2nc(Nc3ccc4[nH]ncc4c3)c3sccc3n2)c2ccccc2n1.Clc1ccc(Nc2nc(Nc3ccc4[nH]ncc4c3)c3sccc3n2)cn1.c1ccc(-c2cccc(Nc3nc(Nc4ccc5[nH]ncc5c4)c4sccc4n3)c2)cc1. The molecule has 27 nitrogen and oxygen atoms in total. The third-order valence-electron chi connectivity index (χ3n) is 19.7. The predicted octanol–water partition coefficient (Wildman–Crippen LogP) is 21.9. The van der Waals surface area contributed by atoms with E-state index < -0.39 is 0 Å². The van der Waals surface area contributed by atoms with E-state index in [1.807, 2.05) is 193 Å². The van der Waals surface area contributed by atoms with Gasteiger partial charge in [0.25, 0.3) is 0 Å². The number of aryl methyl sites for hydroxylation is 1. The summed E-state index contributed by atoms with van der Waals surface area (Å²) in [5, 5.41) is 69.2. The van der Waals surface area contributed by atoms with Crippen LogP contribution in [0.5, 0.6) is 0 Å². The Morgan fingerprint density at radius 2 is 0.822 bits per heavy atom. The number of hydrogen-bond donors (Lipinski definition) is 12. The molecule has 7 aromatic carbocycles. The van der Waals surface area contributed by atoms with Gasteiger partial charge in [0.1, 0.15) is 5.15 Å². The van der Waals surface area contributed by atoms with Crippen LogP contribution in [0, 0.1) is 6.92 Å². The summed E-state index contributed by atoms with van der Waals surface area (Å²) in [5.41, 5.74) is 18.3. The van der Waals surface area contributed by atoms with Gasteiger partial charge in [0, 0.05) is 73.6 Å². The number of nitrogens with zero attached hydrogens (tertiary/aromatic N) is 15. The number of fused-ring (bicyclic) bond motifs is 9. The topological polar surface area (TPSA) is 343 Å². The fourth-order valence-corrected chi connectivity index (χ4v) is 17.3. The van der Waals surface area contributed by atoms with Crippen LogP contribution in [0.15, 0.2) is 247 Å². The second kappa shape index (κ2) is 33.3. The molecule has 12 N–H and O–H groups in total. The Balaban J connectivity index is 0.000000105. The molecule has 0 saturated carbocycles. The van der Waals surface area contributed by atoms with Crippen molar-refractivity contribution in [2.24, 2.45) is 0 Å². The maximum atomic E-state index is 5.84. The molecule has 1 aliphatic heterocycles. The Bertz CT molecular complexity index is 7140. The number of aromatic amines is 4. The number of likely N-dealkylation sites (tertiary alicyclic amines) is 1. The minimum atomic E-state index is 0.437. The minimum absolute atomic E-state index is 0.437. The fourth-order valence-electron chi connectivity index (χ4n) is 14.1. The Morgan fingerprint density at radius 1 is 0.390 bits per heavy atom. The largest absolute Gasteiger partial charge is 0.353 e. The number of aromatic nitrogens is 18. The van der Waals surface area contributed by atoms with Gasteiger partial charge in [0.05, 0.1) is 111 Å². The molecule has 1 atom stereocenters. The zero-order valence-corrected chi connectivity index (χ0v) is 67.0. The van der Waals surface area contributed by atoms with Crippen LogP contribution in [-0.4, -0.2) is 121 Å². The maximum absolute atomic E-state index is 5.84. The Morgan fingerprint density at radius 3 is 1.31 bits per heavy atom. The lowest BCUT2D eigenvalue weighted by molar-refractivity contribution is 0.277. The van der Waals surface area contributed by atoms with E-state index in [1.165, 1.54) is 24.9 Å². The van der Waals surface area contributed by atoms with Crippen LogP contribution >= 0.6 is 56.9 Å². The number of benzene rings is 7. The summed E-state index contributed by atoms with van der Waals surface area (Å²) < 4.78 is 4.07. The van der Waals surface area contributed by atoms with E-state index in [-0.39, 0.29) is 0 Å². The van der Waals surface area contributed by atoms with Gasteiger partial charge in [-0.3, -0.25) is 30.3 Å². The van der Waals surface area contributed by atoms with E-state index in [0.717, 1.165) is 183 Å². The number of H-pyrrole nitrogens is 4. The zero-order valence-electron chi connectivity index (χ0n) is 63.0. The predicted molar refractivity (Wildman–Crippen MR) is 483 cm³/mol. The number of anilines is 15. The van der Waals surface area contributed by atoms with Gasteiger partial charge in [-0.25, -0.2) is 24.9 Å². The average Bonchev–Trinajstić information content (AvgIpc) is 1.51. The summed E-state index contributed by atoms with van der Waals surface area (Å²) in [6.45, 7) is 7.38. The fraction of sp³-hybridized carbons (Fsp3) is 0.0930. The monoisotopic (exact) mass is 1640 g/mol. The molecule has 1 unspecified atom stereocenters. The molecule has 118 heavy (non-hydrogen) atoms. The van der Waals surface area contributed by atoms with E-state index in [1.54, 1.807) is 63.8 Å². The van der Waals surface area contributed by atoms with Gasteiger partial charge in [0.15, 0.2) is 23.3 Å². The third-order valence-corrected chi connectivity index (χ3v) is 23.6. The molecule has 32 heteroatoms. The first kappa shape index (κ1) is 73.9. The summed E-state index contributed by atoms with van der Waals surface area (Å²) >= 11 is 12.3. The van der Waals surface area contributed by atoms with Crippen molar-refractivity contribution in [1.29, 1.82) is 0 Å². The molecule has 22 rings (SSSR count). The molecule has 580 valence electrons. The van der Waals surface area contributed by atoms with Crippen molar-refractivity contribution in [3.8, 4) is 11.1 Å². The Kier molecular flexibility index (Phi) is 20.9. The Hall–Kier alpha value is -14.2. The van der Waals surface area contributed by atoms with E-state index >= 15 is 0 Å². The molecule has 1 saturated heterocycles. The molecule has 21 aromatic rings. The van der Waals surface area contributed by atoms with Gasteiger partial charge in [-0.2, -0.15) is 40.3 Å². The smallest absolute Gasteiger partial charge is 0.229 e. The number of thiophene rings is 4. The van der Waals surface area contributed by atoms with Gasteiger partial charge < -0.3 is 42.5 Å². The van der Waals surface area contributed by atoms with Gasteiger partial charge >= 0.3 is 0 Å². The Labute approximate surface area is 693 Å². The van der Waals surface area contributed by atoms with Crippen LogP contribution in [-0.2, 0) is 0 Å². The van der Waals surface area contributed by atoms with E-state index in [9.17, 15) is 0 Å². The highest BCUT2D eigenvalue weighted by Crippen LogP contribution is 2.38. The van der Waals surface area contributed by atoms with E-state index in [0.29, 0.717) is 35.0 Å². The highest BCUT2D eigenvalue weighted by Gasteiger charge is 2.24. The second-order valence-electron chi connectivity index (χ2n) is 27.6. The van der Waals surface area contributed by atoms with Crippen molar-refractivity contribution < 1.29 is 0 Å². The molecule has 0 bridgehead atoms. The molecule has 0 radical (unpaired) electrons. The van der Waals surface area contributed by atoms with E-state index in [2.05, 4.69) is 157 Å². The van der Waals surface area contributed by atoms with Crippen LogP contribution in [0.25, 0.3) is 107 Å². The number of halogens is 1. The van der Waals surface area contributed by atoms with Crippen LogP contribution < -0.4 is 42.5 Å². The van der Waals surface area contributed by atoms with Gasteiger partial charge in [-0.05, 0) is 199 Å². The molecule has 0 aliphatic carbocycles. The molecule has 1 aliphatic rings. The summed E-state index contributed by atoms with van der Waals surface area (Å²) in [6, 6.07) is 65.0. The van der Waals surface area contributed by atoms with Crippen molar-refractivity contribution in [2.75, 3.05) is 62.2 Å². The maximum Gasteiger partial charge on any atom is 0.229 e. The van der Waals surface area contributed by atoms with Crippen molar-refractivity contribution >= 4 is 239 Å². The first-order valence-corrected chi connectivity index (χ1v) is 41.7. The molecule has 0 spiro atoms. The molecule has 14 aromatic heterocycles. The number of hydrogen-bond acceptors (Lipinski definition) is 27. The van der Waals surface area contributed by atoms with Crippen molar-refractivity contribution in [3.05, 3.63) is 257 Å². The van der Waals surface area contributed by atoms with Crippen LogP contribution in [0.3, 0.4) is 0 Å². The van der Waals surface area contributed by atoms with Gasteiger partial charge in [0.2, 0.25) is 23.8 Å². The second-order valence-corrected chi connectivity index (χ2v) is 31.7. The van der Waals surface area contributed by atoms with E-state index in [4.69, 9.17) is 41.5 Å².